The van der Waals surface area contributed by atoms with Gasteiger partial charge in [0.25, 0.3) is 0 Å². The molecule has 6 nitrogen and oxygen atoms in total. The third kappa shape index (κ3) is 5.60. The van der Waals surface area contributed by atoms with E-state index in [9.17, 15) is 9.59 Å². The van der Waals surface area contributed by atoms with Crippen molar-refractivity contribution in [2.75, 3.05) is 38.1 Å². The molecule has 0 unspecified atom stereocenters. The van der Waals surface area contributed by atoms with Gasteiger partial charge in [-0.25, -0.2) is 9.59 Å². The number of halogens is 1. The second-order valence-electron chi connectivity index (χ2n) is 6.24. The number of urea groups is 1. The van der Waals surface area contributed by atoms with Crippen LogP contribution in [-0.4, -0.2) is 54.7 Å². The van der Waals surface area contributed by atoms with E-state index in [0.29, 0.717) is 49.4 Å². The summed E-state index contributed by atoms with van der Waals surface area (Å²) >= 11 is 5.92. The highest BCUT2D eigenvalue weighted by molar-refractivity contribution is 6.30. The summed E-state index contributed by atoms with van der Waals surface area (Å²) in [5.41, 5.74) is 0.657. The lowest BCUT2D eigenvalue weighted by atomic mass is 10.2. The Bertz CT molecular complexity index is 580. The molecule has 1 aliphatic rings. The van der Waals surface area contributed by atoms with E-state index in [4.69, 9.17) is 16.3 Å². The molecule has 7 heteroatoms. The molecule has 1 fully saturated rings. The molecular formula is C17H24ClN3O3. The molecular weight excluding hydrogens is 330 g/mol. The van der Waals surface area contributed by atoms with Gasteiger partial charge in [0.15, 0.2) is 0 Å². The summed E-state index contributed by atoms with van der Waals surface area (Å²) < 4.78 is 5.26. The first-order chi connectivity index (χ1) is 11.5. The standard InChI is InChI=1S/C17H24ClN3O3/c1-13(2)12-24-17(23)21-8-4-7-20(9-10-21)16(22)19-15-6-3-5-14(18)11-15/h3,5-6,11,13H,4,7-10,12H2,1-2H3,(H,19,22). The van der Waals surface area contributed by atoms with Gasteiger partial charge >= 0.3 is 12.1 Å². The highest BCUT2D eigenvalue weighted by atomic mass is 35.5. The van der Waals surface area contributed by atoms with E-state index in [1.54, 1.807) is 34.1 Å². The Balaban J connectivity index is 1.85. The number of rotatable bonds is 3. The van der Waals surface area contributed by atoms with Crippen LogP contribution in [0.2, 0.25) is 5.02 Å². The van der Waals surface area contributed by atoms with Gasteiger partial charge in [-0.3, -0.25) is 0 Å². The average Bonchev–Trinajstić information content (AvgIpc) is 2.78. The van der Waals surface area contributed by atoms with Crippen LogP contribution in [0.25, 0.3) is 0 Å². The molecule has 0 spiro atoms. The Labute approximate surface area is 147 Å². The highest BCUT2D eigenvalue weighted by Gasteiger charge is 2.23. The van der Waals surface area contributed by atoms with Gasteiger partial charge in [0.1, 0.15) is 0 Å². The SMILES string of the molecule is CC(C)COC(=O)N1CCCN(C(=O)Nc2cccc(Cl)c2)CC1. The Kier molecular flexibility index (Phi) is 6.73. The normalized spacial score (nSPS) is 15.2. The van der Waals surface area contributed by atoms with Crippen molar-refractivity contribution in [1.82, 2.24) is 9.80 Å². The lowest BCUT2D eigenvalue weighted by molar-refractivity contribution is 0.0934. The fourth-order valence-electron chi connectivity index (χ4n) is 2.40. The van der Waals surface area contributed by atoms with Crippen LogP contribution < -0.4 is 5.32 Å². The number of nitrogens with one attached hydrogen (secondary N) is 1. The van der Waals surface area contributed by atoms with Gasteiger partial charge < -0.3 is 19.9 Å². The number of anilines is 1. The molecule has 0 radical (unpaired) electrons. The van der Waals surface area contributed by atoms with E-state index in [2.05, 4.69) is 5.32 Å². The van der Waals surface area contributed by atoms with Crippen molar-refractivity contribution in [2.45, 2.75) is 20.3 Å². The van der Waals surface area contributed by atoms with E-state index in [0.717, 1.165) is 6.42 Å². The topological polar surface area (TPSA) is 61.9 Å². The molecule has 3 amide bonds. The average molecular weight is 354 g/mol. The maximum absolute atomic E-state index is 12.4. The van der Waals surface area contributed by atoms with Crippen LogP contribution in [0, 0.1) is 5.92 Å². The first kappa shape index (κ1) is 18.4. The van der Waals surface area contributed by atoms with Gasteiger partial charge in [-0.05, 0) is 30.5 Å². The Hall–Kier alpha value is -1.95. The van der Waals surface area contributed by atoms with Crippen LogP contribution in [0.1, 0.15) is 20.3 Å². The summed E-state index contributed by atoms with van der Waals surface area (Å²) in [6, 6.07) is 6.84. The zero-order valence-corrected chi connectivity index (χ0v) is 14.9. The summed E-state index contributed by atoms with van der Waals surface area (Å²) in [5.74, 6) is 0.306. The third-order valence-corrected chi connectivity index (χ3v) is 3.89. The third-order valence-electron chi connectivity index (χ3n) is 3.66. The van der Waals surface area contributed by atoms with Crippen LogP contribution in [0.3, 0.4) is 0 Å². The van der Waals surface area contributed by atoms with Gasteiger partial charge in [0.2, 0.25) is 0 Å². The Morgan fingerprint density at radius 3 is 2.62 bits per heavy atom. The first-order valence-electron chi connectivity index (χ1n) is 8.19. The van der Waals surface area contributed by atoms with Gasteiger partial charge in [-0.1, -0.05) is 31.5 Å². The van der Waals surface area contributed by atoms with E-state index in [1.165, 1.54) is 0 Å². The predicted molar refractivity (Wildman–Crippen MR) is 94.4 cm³/mol. The molecule has 1 aliphatic heterocycles. The van der Waals surface area contributed by atoms with Crippen molar-refractivity contribution < 1.29 is 14.3 Å². The minimum Gasteiger partial charge on any atom is -0.449 e. The number of nitrogens with zero attached hydrogens (tertiary/aromatic N) is 2. The Morgan fingerprint density at radius 1 is 1.21 bits per heavy atom. The highest BCUT2D eigenvalue weighted by Crippen LogP contribution is 2.16. The van der Waals surface area contributed by atoms with Crippen molar-refractivity contribution in [3.63, 3.8) is 0 Å². The van der Waals surface area contributed by atoms with Gasteiger partial charge in [-0.2, -0.15) is 0 Å². The fourth-order valence-corrected chi connectivity index (χ4v) is 2.59. The maximum Gasteiger partial charge on any atom is 0.409 e. The van der Waals surface area contributed by atoms with Crippen molar-refractivity contribution in [1.29, 1.82) is 0 Å². The fraction of sp³-hybridized carbons (Fsp3) is 0.529. The van der Waals surface area contributed by atoms with Crippen molar-refractivity contribution in [3.05, 3.63) is 29.3 Å². The minimum atomic E-state index is -0.305. The number of ether oxygens (including phenoxy) is 1. The minimum absolute atomic E-state index is 0.185. The van der Waals surface area contributed by atoms with E-state index < -0.39 is 0 Å². The van der Waals surface area contributed by atoms with Gasteiger partial charge in [-0.15, -0.1) is 0 Å². The van der Waals surface area contributed by atoms with Gasteiger partial charge in [0.05, 0.1) is 6.61 Å². The summed E-state index contributed by atoms with van der Waals surface area (Å²) in [6.45, 7) is 6.55. The number of carbonyl (C=O) groups is 2. The van der Waals surface area contributed by atoms with Crippen LogP contribution in [-0.2, 0) is 4.74 Å². The molecule has 1 aromatic rings. The molecule has 1 heterocycles. The summed E-state index contributed by atoms with van der Waals surface area (Å²) in [6.07, 6.45) is 0.417. The molecule has 0 aliphatic carbocycles. The zero-order valence-electron chi connectivity index (χ0n) is 14.1. The van der Waals surface area contributed by atoms with E-state index in [1.807, 2.05) is 13.8 Å². The lowest BCUT2D eigenvalue weighted by Gasteiger charge is -2.22. The van der Waals surface area contributed by atoms with Crippen LogP contribution in [0.5, 0.6) is 0 Å². The lowest BCUT2D eigenvalue weighted by Crippen LogP contribution is -2.39. The smallest absolute Gasteiger partial charge is 0.409 e. The molecule has 0 aromatic heterocycles. The molecule has 0 bridgehead atoms. The molecule has 24 heavy (non-hydrogen) atoms. The quantitative estimate of drug-likeness (QED) is 0.901. The molecule has 1 aromatic carbocycles. The van der Waals surface area contributed by atoms with Crippen molar-refractivity contribution in [3.8, 4) is 0 Å². The number of amides is 3. The van der Waals surface area contributed by atoms with Crippen LogP contribution in [0.15, 0.2) is 24.3 Å². The van der Waals surface area contributed by atoms with Gasteiger partial charge in [0, 0.05) is 36.9 Å². The number of hydrogen-bond donors (Lipinski definition) is 1. The maximum atomic E-state index is 12.4. The molecule has 1 N–H and O–H groups in total. The van der Waals surface area contributed by atoms with E-state index >= 15 is 0 Å². The molecule has 0 saturated carbocycles. The van der Waals surface area contributed by atoms with Crippen molar-refractivity contribution in [2.24, 2.45) is 5.92 Å². The van der Waals surface area contributed by atoms with Crippen LogP contribution >= 0.6 is 11.6 Å². The summed E-state index contributed by atoms with van der Waals surface area (Å²) in [7, 11) is 0. The number of hydrogen-bond acceptors (Lipinski definition) is 3. The molecule has 0 atom stereocenters. The predicted octanol–water partition coefficient (Wildman–Crippen LogP) is 3.67. The molecule has 2 rings (SSSR count). The first-order valence-corrected chi connectivity index (χ1v) is 8.56. The summed E-state index contributed by atoms with van der Waals surface area (Å²) in [4.78, 5) is 27.8. The Morgan fingerprint density at radius 2 is 1.92 bits per heavy atom. The zero-order chi connectivity index (χ0) is 17.5. The van der Waals surface area contributed by atoms with E-state index in [-0.39, 0.29) is 12.1 Å². The summed E-state index contributed by atoms with van der Waals surface area (Å²) in [5, 5.41) is 3.40. The second-order valence-corrected chi connectivity index (χ2v) is 6.68. The number of carbonyl (C=O) groups excluding carboxylic acids is 2. The number of benzene rings is 1. The van der Waals surface area contributed by atoms with Crippen molar-refractivity contribution >= 4 is 29.4 Å². The monoisotopic (exact) mass is 353 g/mol. The molecule has 1 saturated heterocycles. The van der Waals surface area contributed by atoms with Crippen LogP contribution in [0.4, 0.5) is 15.3 Å². The largest absolute Gasteiger partial charge is 0.449 e. The molecule has 132 valence electrons. The second kappa shape index (κ2) is 8.78.